The van der Waals surface area contributed by atoms with Crippen molar-refractivity contribution in [3.05, 3.63) is 0 Å². The Labute approximate surface area is 104 Å². The molecule has 0 aromatic heterocycles. The van der Waals surface area contributed by atoms with E-state index >= 15 is 0 Å². The molecule has 5 nitrogen and oxygen atoms in total. The van der Waals surface area contributed by atoms with Crippen molar-refractivity contribution < 1.29 is 9.53 Å². The Balaban J connectivity index is 2.38. The molecule has 1 aliphatic rings. The fourth-order valence-corrected chi connectivity index (χ4v) is 2.17. The van der Waals surface area contributed by atoms with Gasteiger partial charge in [-0.3, -0.25) is 9.69 Å². The second kappa shape index (κ2) is 6.93. The minimum Gasteiger partial charge on any atom is -0.370 e. The third-order valence-corrected chi connectivity index (χ3v) is 3.08. The maximum atomic E-state index is 12.0. The topological polar surface area (TPSA) is 58.8 Å². The summed E-state index contributed by atoms with van der Waals surface area (Å²) in [5.41, 5.74) is 5.50. The molecule has 0 aromatic carbocycles. The van der Waals surface area contributed by atoms with Crippen molar-refractivity contribution in [2.45, 2.75) is 20.0 Å². The lowest BCUT2D eigenvalue weighted by atomic mass is 10.2. The van der Waals surface area contributed by atoms with Crippen LogP contribution >= 0.6 is 0 Å². The van der Waals surface area contributed by atoms with Crippen molar-refractivity contribution in [3.8, 4) is 0 Å². The van der Waals surface area contributed by atoms with Crippen LogP contribution in [0.2, 0.25) is 0 Å². The lowest BCUT2D eigenvalue weighted by Gasteiger charge is -2.36. The summed E-state index contributed by atoms with van der Waals surface area (Å²) in [6.07, 6.45) is -0.480. The molecule has 1 aliphatic heterocycles. The normalized spacial score (nSPS) is 19.7. The maximum absolute atomic E-state index is 12.0. The van der Waals surface area contributed by atoms with Crippen molar-refractivity contribution in [2.24, 2.45) is 11.7 Å². The van der Waals surface area contributed by atoms with Gasteiger partial charge in [0.05, 0.1) is 0 Å². The van der Waals surface area contributed by atoms with E-state index < -0.39 is 6.10 Å². The molecule has 17 heavy (non-hydrogen) atoms. The Morgan fingerprint density at radius 1 is 1.29 bits per heavy atom. The third kappa shape index (κ3) is 4.26. The zero-order valence-corrected chi connectivity index (χ0v) is 11.2. The predicted molar refractivity (Wildman–Crippen MR) is 67.7 cm³/mol. The first-order valence-corrected chi connectivity index (χ1v) is 6.32. The van der Waals surface area contributed by atoms with E-state index in [2.05, 4.69) is 18.7 Å². The van der Waals surface area contributed by atoms with Gasteiger partial charge in [0.15, 0.2) is 0 Å². The smallest absolute Gasteiger partial charge is 0.253 e. The molecule has 0 bridgehead atoms. The highest BCUT2D eigenvalue weighted by Gasteiger charge is 2.26. The average molecular weight is 243 g/mol. The number of carbonyl (C=O) groups is 1. The Morgan fingerprint density at radius 2 is 1.88 bits per heavy atom. The third-order valence-electron chi connectivity index (χ3n) is 3.08. The second-order valence-corrected chi connectivity index (χ2v) is 4.98. The SMILES string of the molecule is COC(CN)C(=O)N1CCN(CC(C)C)CC1. The molecular formula is C12H25N3O2. The van der Waals surface area contributed by atoms with Gasteiger partial charge in [0.25, 0.3) is 5.91 Å². The van der Waals surface area contributed by atoms with E-state index in [1.165, 1.54) is 7.11 Å². The van der Waals surface area contributed by atoms with Crippen LogP contribution in [0.1, 0.15) is 13.8 Å². The van der Waals surface area contributed by atoms with Crippen molar-refractivity contribution in [1.29, 1.82) is 0 Å². The van der Waals surface area contributed by atoms with Crippen LogP contribution < -0.4 is 5.73 Å². The summed E-state index contributed by atoms with van der Waals surface area (Å²) in [6, 6.07) is 0. The van der Waals surface area contributed by atoms with Gasteiger partial charge < -0.3 is 15.4 Å². The van der Waals surface area contributed by atoms with E-state index in [0.717, 1.165) is 32.7 Å². The van der Waals surface area contributed by atoms with Gasteiger partial charge >= 0.3 is 0 Å². The number of rotatable bonds is 5. The van der Waals surface area contributed by atoms with E-state index in [9.17, 15) is 4.79 Å². The van der Waals surface area contributed by atoms with Crippen LogP contribution in [0.3, 0.4) is 0 Å². The minimum absolute atomic E-state index is 0.0270. The minimum atomic E-state index is -0.480. The van der Waals surface area contributed by atoms with Crippen LogP contribution in [0.25, 0.3) is 0 Å². The monoisotopic (exact) mass is 243 g/mol. The van der Waals surface area contributed by atoms with Gasteiger partial charge in [0.2, 0.25) is 0 Å². The van der Waals surface area contributed by atoms with Crippen molar-refractivity contribution in [3.63, 3.8) is 0 Å². The largest absolute Gasteiger partial charge is 0.370 e. The fraction of sp³-hybridized carbons (Fsp3) is 0.917. The first-order chi connectivity index (χ1) is 8.08. The highest BCUT2D eigenvalue weighted by atomic mass is 16.5. The van der Waals surface area contributed by atoms with E-state index in [-0.39, 0.29) is 12.5 Å². The number of nitrogens with zero attached hydrogens (tertiary/aromatic N) is 2. The summed E-state index contributed by atoms with van der Waals surface area (Å²) in [4.78, 5) is 16.3. The summed E-state index contributed by atoms with van der Waals surface area (Å²) in [6.45, 7) is 9.25. The zero-order chi connectivity index (χ0) is 12.8. The standard InChI is InChI=1S/C12H25N3O2/c1-10(2)9-14-4-6-15(7-5-14)12(16)11(8-13)17-3/h10-11H,4-9,13H2,1-3H3. The number of methoxy groups -OCH3 is 1. The summed E-state index contributed by atoms with van der Waals surface area (Å²) < 4.78 is 5.08. The molecule has 1 fully saturated rings. The molecular weight excluding hydrogens is 218 g/mol. The lowest BCUT2D eigenvalue weighted by molar-refractivity contribution is -0.143. The molecule has 0 spiro atoms. The number of ether oxygens (including phenoxy) is 1. The van der Waals surface area contributed by atoms with E-state index in [0.29, 0.717) is 5.92 Å². The van der Waals surface area contributed by atoms with Crippen LogP contribution in [-0.4, -0.2) is 68.2 Å². The molecule has 1 rings (SSSR count). The number of piperazine rings is 1. The number of hydrogen-bond acceptors (Lipinski definition) is 4. The van der Waals surface area contributed by atoms with Gasteiger partial charge in [-0.25, -0.2) is 0 Å². The van der Waals surface area contributed by atoms with E-state index in [4.69, 9.17) is 10.5 Å². The molecule has 5 heteroatoms. The van der Waals surface area contributed by atoms with Crippen molar-refractivity contribution in [1.82, 2.24) is 9.80 Å². The first-order valence-electron chi connectivity index (χ1n) is 6.32. The van der Waals surface area contributed by atoms with Gasteiger partial charge in [-0.05, 0) is 5.92 Å². The van der Waals surface area contributed by atoms with Gasteiger partial charge in [-0.1, -0.05) is 13.8 Å². The first kappa shape index (κ1) is 14.4. The van der Waals surface area contributed by atoms with Gasteiger partial charge in [-0.15, -0.1) is 0 Å². The Kier molecular flexibility index (Phi) is 5.88. The fourth-order valence-electron chi connectivity index (χ4n) is 2.17. The molecule has 1 saturated heterocycles. The Hall–Kier alpha value is -0.650. The van der Waals surface area contributed by atoms with Gasteiger partial charge in [0.1, 0.15) is 6.10 Å². The molecule has 0 aliphatic carbocycles. The quantitative estimate of drug-likeness (QED) is 0.724. The highest BCUT2D eigenvalue weighted by molar-refractivity contribution is 5.81. The Morgan fingerprint density at radius 3 is 2.29 bits per heavy atom. The molecule has 1 atom stereocenters. The zero-order valence-electron chi connectivity index (χ0n) is 11.2. The molecule has 100 valence electrons. The molecule has 1 heterocycles. The maximum Gasteiger partial charge on any atom is 0.253 e. The van der Waals surface area contributed by atoms with Crippen LogP contribution in [0.15, 0.2) is 0 Å². The van der Waals surface area contributed by atoms with Crippen LogP contribution in [0.5, 0.6) is 0 Å². The molecule has 1 unspecified atom stereocenters. The van der Waals surface area contributed by atoms with E-state index in [1.807, 2.05) is 4.90 Å². The van der Waals surface area contributed by atoms with E-state index in [1.54, 1.807) is 0 Å². The van der Waals surface area contributed by atoms with Crippen molar-refractivity contribution in [2.75, 3.05) is 46.4 Å². The summed E-state index contributed by atoms with van der Waals surface area (Å²) in [5, 5.41) is 0. The highest BCUT2D eigenvalue weighted by Crippen LogP contribution is 2.07. The molecule has 0 saturated carbocycles. The predicted octanol–water partition coefficient (Wildman–Crippen LogP) is -0.240. The number of amides is 1. The Bertz CT molecular complexity index is 234. The molecule has 1 amide bonds. The van der Waals surface area contributed by atoms with Crippen molar-refractivity contribution >= 4 is 5.91 Å². The molecule has 2 N–H and O–H groups in total. The number of hydrogen-bond donors (Lipinski definition) is 1. The summed E-state index contributed by atoms with van der Waals surface area (Å²) in [5.74, 6) is 0.701. The van der Waals surface area contributed by atoms with Crippen LogP contribution in [0.4, 0.5) is 0 Å². The molecule has 0 radical (unpaired) electrons. The van der Waals surface area contributed by atoms with Gasteiger partial charge in [0, 0.05) is 46.4 Å². The molecule has 0 aromatic rings. The summed E-state index contributed by atoms with van der Waals surface area (Å²) in [7, 11) is 1.53. The van der Waals surface area contributed by atoms with Crippen LogP contribution in [0, 0.1) is 5.92 Å². The number of carbonyl (C=O) groups excluding carboxylic acids is 1. The average Bonchev–Trinajstić information content (AvgIpc) is 2.30. The van der Waals surface area contributed by atoms with Crippen LogP contribution in [-0.2, 0) is 9.53 Å². The second-order valence-electron chi connectivity index (χ2n) is 4.98. The number of nitrogens with two attached hydrogens (primary N) is 1. The summed E-state index contributed by atoms with van der Waals surface area (Å²) >= 11 is 0. The lowest BCUT2D eigenvalue weighted by Crippen LogP contribution is -2.53. The van der Waals surface area contributed by atoms with Gasteiger partial charge in [-0.2, -0.15) is 0 Å².